The molecule has 27 heavy (non-hydrogen) atoms. The van der Waals surface area contributed by atoms with E-state index in [-0.39, 0.29) is 0 Å². The molecule has 7 nitrogen and oxygen atoms in total. The Bertz CT molecular complexity index is 1030. The van der Waals surface area contributed by atoms with Gasteiger partial charge in [-0.05, 0) is 16.7 Å². The van der Waals surface area contributed by atoms with E-state index in [4.69, 9.17) is 5.73 Å². The Kier molecular flexibility index (Phi) is 4.93. The molecule has 0 fully saturated rings. The van der Waals surface area contributed by atoms with Gasteiger partial charge in [-0.3, -0.25) is 0 Å². The molecule has 2 aromatic heterocycles. The highest BCUT2D eigenvalue weighted by Gasteiger charge is 2.10. The summed E-state index contributed by atoms with van der Waals surface area (Å²) in [6.45, 7) is 1.81. The molecular weight excluding hydrogens is 338 g/mol. The molecular formula is C20H21N7. The third kappa shape index (κ3) is 4.04. The van der Waals surface area contributed by atoms with Crippen LogP contribution >= 0.6 is 0 Å². The molecule has 0 spiro atoms. The van der Waals surface area contributed by atoms with Gasteiger partial charge >= 0.3 is 0 Å². The number of H-pyrrole nitrogens is 1. The number of nitrogens with one attached hydrogen (secondary N) is 3. The lowest BCUT2D eigenvalue weighted by Gasteiger charge is -2.10. The van der Waals surface area contributed by atoms with E-state index in [9.17, 15) is 0 Å². The second kappa shape index (κ2) is 7.84. The number of aromatic amines is 1. The summed E-state index contributed by atoms with van der Waals surface area (Å²) in [5, 5.41) is 6.64. The van der Waals surface area contributed by atoms with Crippen LogP contribution in [-0.4, -0.2) is 19.9 Å². The van der Waals surface area contributed by atoms with Crippen LogP contribution < -0.4 is 16.4 Å². The summed E-state index contributed by atoms with van der Waals surface area (Å²) in [4.78, 5) is 16.5. The van der Waals surface area contributed by atoms with Gasteiger partial charge in [0.05, 0.1) is 6.33 Å². The van der Waals surface area contributed by atoms with Crippen molar-refractivity contribution in [2.45, 2.75) is 19.6 Å². The fourth-order valence-corrected chi connectivity index (χ4v) is 2.87. The average molecular weight is 359 g/mol. The Balaban J connectivity index is 1.52. The van der Waals surface area contributed by atoms with Crippen molar-refractivity contribution in [3.05, 3.63) is 77.6 Å². The quantitative estimate of drug-likeness (QED) is 0.404. The summed E-state index contributed by atoms with van der Waals surface area (Å²) in [7, 11) is 0. The van der Waals surface area contributed by atoms with E-state index in [1.54, 1.807) is 6.33 Å². The maximum Gasteiger partial charge on any atom is 0.227 e. The van der Waals surface area contributed by atoms with Crippen molar-refractivity contribution in [2.75, 3.05) is 10.6 Å². The fraction of sp³-hybridized carbons (Fsp3) is 0.150. The Morgan fingerprint density at radius 1 is 0.852 bits per heavy atom. The van der Waals surface area contributed by atoms with E-state index in [0.29, 0.717) is 31.2 Å². The van der Waals surface area contributed by atoms with Crippen LogP contribution in [-0.2, 0) is 19.6 Å². The molecule has 0 bridgehead atoms. The van der Waals surface area contributed by atoms with Crippen LogP contribution in [0, 0.1) is 0 Å². The van der Waals surface area contributed by atoms with E-state index in [0.717, 1.165) is 22.5 Å². The largest absolute Gasteiger partial charge is 0.364 e. The number of rotatable bonds is 7. The lowest BCUT2D eigenvalue weighted by atomic mass is 10.1. The minimum atomic E-state index is 0.525. The second-order valence-electron chi connectivity index (χ2n) is 6.21. The minimum absolute atomic E-state index is 0.525. The molecule has 0 aliphatic heterocycles. The van der Waals surface area contributed by atoms with Gasteiger partial charge in [0.2, 0.25) is 5.95 Å². The van der Waals surface area contributed by atoms with Crippen LogP contribution in [0.3, 0.4) is 0 Å². The van der Waals surface area contributed by atoms with Crippen LogP contribution in [0.5, 0.6) is 0 Å². The fourth-order valence-electron chi connectivity index (χ4n) is 2.87. The molecule has 2 heterocycles. The Hall–Kier alpha value is -3.45. The Labute approximate surface area is 157 Å². The summed E-state index contributed by atoms with van der Waals surface area (Å²) >= 11 is 0. The summed E-state index contributed by atoms with van der Waals surface area (Å²) < 4.78 is 0. The molecule has 7 heteroatoms. The van der Waals surface area contributed by atoms with Gasteiger partial charge in [0.15, 0.2) is 11.5 Å². The van der Waals surface area contributed by atoms with Crippen molar-refractivity contribution in [1.82, 2.24) is 19.9 Å². The molecule has 4 aromatic rings. The highest BCUT2D eigenvalue weighted by Crippen LogP contribution is 2.20. The monoisotopic (exact) mass is 359 g/mol. The lowest BCUT2D eigenvalue weighted by Crippen LogP contribution is -2.08. The summed E-state index contributed by atoms with van der Waals surface area (Å²) in [6.07, 6.45) is 1.63. The van der Waals surface area contributed by atoms with Gasteiger partial charge in [0.25, 0.3) is 0 Å². The number of nitrogens with zero attached hydrogens (tertiary/aromatic N) is 3. The van der Waals surface area contributed by atoms with Crippen molar-refractivity contribution < 1.29 is 0 Å². The van der Waals surface area contributed by atoms with E-state index in [2.05, 4.69) is 48.8 Å². The van der Waals surface area contributed by atoms with Crippen LogP contribution in [0.25, 0.3) is 11.2 Å². The molecule has 0 aliphatic rings. The highest BCUT2D eigenvalue weighted by atomic mass is 15.2. The van der Waals surface area contributed by atoms with Crippen molar-refractivity contribution in [2.24, 2.45) is 5.73 Å². The number of anilines is 2. The van der Waals surface area contributed by atoms with Crippen LogP contribution in [0.1, 0.15) is 16.7 Å². The Morgan fingerprint density at radius 3 is 2.48 bits per heavy atom. The van der Waals surface area contributed by atoms with Crippen molar-refractivity contribution in [1.29, 1.82) is 0 Å². The number of benzene rings is 2. The molecule has 0 saturated carbocycles. The smallest absolute Gasteiger partial charge is 0.227 e. The van der Waals surface area contributed by atoms with Crippen molar-refractivity contribution in [3.8, 4) is 0 Å². The van der Waals surface area contributed by atoms with Crippen LogP contribution in [0.4, 0.5) is 11.8 Å². The molecule has 5 N–H and O–H groups in total. The first kappa shape index (κ1) is 17.0. The topological polar surface area (TPSA) is 105 Å². The second-order valence-corrected chi connectivity index (χ2v) is 6.21. The number of hydrogen-bond acceptors (Lipinski definition) is 6. The first-order chi connectivity index (χ1) is 13.3. The van der Waals surface area contributed by atoms with E-state index < -0.39 is 0 Å². The molecule has 0 saturated heterocycles. The van der Waals surface area contributed by atoms with Crippen LogP contribution in [0.2, 0.25) is 0 Å². The molecule has 136 valence electrons. The molecule has 4 rings (SSSR count). The van der Waals surface area contributed by atoms with Crippen molar-refractivity contribution in [3.63, 3.8) is 0 Å². The highest BCUT2D eigenvalue weighted by molar-refractivity contribution is 5.83. The van der Waals surface area contributed by atoms with Gasteiger partial charge in [-0.2, -0.15) is 9.97 Å². The third-order valence-corrected chi connectivity index (χ3v) is 4.27. The zero-order valence-corrected chi connectivity index (χ0v) is 14.8. The molecule has 2 aromatic carbocycles. The number of hydrogen-bond donors (Lipinski definition) is 4. The van der Waals surface area contributed by atoms with E-state index >= 15 is 0 Å². The minimum Gasteiger partial charge on any atom is -0.364 e. The number of aromatic nitrogens is 4. The van der Waals surface area contributed by atoms with Gasteiger partial charge in [-0.15, -0.1) is 0 Å². The normalized spacial score (nSPS) is 10.9. The molecule has 0 atom stereocenters. The van der Waals surface area contributed by atoms with E-state index in [1.165, 1.54) is 5.56 Å². The summed E-state index contributed by atoms with van der Waals surface area (Å²) in [5.74, 6) is 1.25. The molecule has 0 aliphatic carbocycles. The number of nitrogens with two attached hydrogens (primary N) is 1. The van der Waals surface area contributed by atoms with Gasteiger partial charge in [0.1, 0.15) is 5.52 Å². The van der Waals surface area contributed by atoms with Crippen molar-refractivity contribution >= 4 is 22.9 Å². The molecule has 0 radical (unpaired) electrons. The summed E-state index contributed by atoms with van der Waals surface area (Å²) in [6, 6.07) is 18.3. The maximum absolute atomic E-state index is 5.71. The van der Waals surface area contributed by atoms with Gasteiger partial charge in [-0.1, -0.05) is 54.6 Å². The third-order valence-electron chi connectivity index (χ3n) is 4.27. The zero-order chi connectivity index (χ0) is 18.5. The van der Waals surface area contributed by atoms with Crippen LogP contribution in [0.15, 0.2) is 60.9 Å². The lowest BCUT2D eigenvalue weighted by molar-refractivity contribution is 1.03. The SMILES string of the molecule is NCc1cccc(CNc2nc(NCc3ccccc3)c3[nH]cnc3n2)c1. The van der Waals surface area contributed by atoms with E-state index in [1.807, 2.05) is 36.4 Å². The average Bonchev–Trinajstić information content (AvgIpc) is 3.20. The number of fused-ring (bicyclic) bond motifs is 1. The molecule has 0 unspecified atom stereocenters. The maximum atomic E-state index is 5.71. The van der Waals surface area contributed by atoms with Gasteiger partial charge in [-0.25, -0.2) is 4.98 Å². The Morgan fingerprint density at radius 2 is 1.63 bits per heavy atom. The first-order valence-corrected chi connectivity index (χ1v) is 8.82. The predicted molar refractivity (Wildman–Crippen MR) is 107 cm³/mol. The zero-order valence-electron chi connectivity index (χ0n) is 14.8. The predicted octanol–water partition coefficient (Wildman–Crippen LogP) is 3.04. The van der Waals surface area contributed by atoms with Gasteiger partial charge in [0, 0.05) is 19.6 Å². The summed E-state index contributed by atoms with van der Waals surface area (Å²) in [5.41, 5.74) is 10.5. The molecule has 0 amide bonds. The van der Waals surface area contributed by atoms with Gasteiger partial charge < -0.3 is 21.4 Å². The first-order valence-electron chi connectivity index (χ1n) is 8.82. The number of imidazole rings is 1. The standard InChI is InChI=1S/C20H21N7/c21-10-15-7-4-8-16(9-15)12-23-20-26-18(17-19(27-20)25-13-24-17)22-11-14-5-2-1-3-6-14/h1-9,13H,10-12,21H2,(H3,22,23,24,25,26,27).